The minimum Gasteiger partial charge on any atom is -0.496 e. The molecule has 128 valence electrons. The first-order valence-corrected chi connectivity index (χ1v) is 7.80. The van der Waals surface area contributed by atoms with Crippen LogP contribution in [0.4, 0.5) is 0 Å². The molecule has 0 aliphatic rings. The van der Waals surface area contributed by atoms with Crippen molar-refractivity contribution in [1.82, 2.24) is 5.32 Å². The van der Waals surface area contributed by atoms with Crippen molar-refractivity contribution in [2.24, 2.45) is 0 Å². The summed E-state index contributed by atoms with van der Waals surface area (Å²) in [6.45, 7) is 2.05. The number of methoxy groups -OCH3 is 2. The molecule has 0 fully saturated rings. The lowest BCUT2D eigenvalue weighted by Gasteiger charge is -2.20. The molecule has 0 unspecified atom stereocenters. The average Bonchev–Trinajstić information content (AvgIpc) is 2.63. The number of nitrogens with one attached hydrogen (secondary N) is 1. The van der Waals surface area contributed by atoms with E-state index in [1.165, 1.54) is 0 Å². The maximum Gasteiger partial charge on any atom is 0.260 e. The van der Waals surface area contributed by atoms with Crippen molar-refractivity contribution in [2.75, 3.05) is 20.8 Å². The fourth-order valence-electron chi connectivity index (χ4n) is 2.35. The van der Waals surface area contributed by atoms with Gasteiger partial charge >= 0.3 is 0 Å². The Morgan fingerprint density at radius 1 is 1.04 bits per heavy atom. The van der Waals surface area contributed by atoms with Crippen LogP contribution < -0.4 is 14.8 Å². The molecule has 0 radical (unpaired) electrons. The van der Waals surface area contributed by atoms with E-state index < -0.39 is 6.10 Å². The molecule has 0 heterocycles. The Morgan fingerprint density at radius 3 is 2.38 bits per heavy atom. The van der Waals surface area contributed by atoms with Gasteiger partial charge in [0.1, 0.15) is 17.6 Å². The molecule has 5 nitrogen and oxygen atoms in total. The zero-order valence-corrected chi connectivity index (χ0v) is 14.2. The van der Waals surface area contributed by atoms with E-state index in [-0.39, 0.29) is 12.0 Å². The monoisotopic (exact) mass is 329 g/mol. The highest BCUT2D eigenvalue weighted by Crippen LogP contribution is 2.26. The first kappa shape index (κ1) is 17.8. The smallest absolute Gasteiger partial charge is 0.260 e. The Kier molecular flexibility index (Phi) is 6.63. The molecule has 0 spiro atoms. The lowest BCUT2D eigenvalue weighted by molar-refractivity contribution is -0.127. The summed E-state index contributed by atoms with van der Waals surface area (Å²) in [6, 6.07) is 16.8. The van der Waals surface area contributed by atoms with Crippen LogP contribution in [0.15, 0.2) is 54.6 Å². The molecule has 2 rings (SSSR count). The fraction of sp³-hybridized carbons (Fsp3) is 0.316. The van der Waals surface area contributed by atoms with Gasteiger partial charge in [0, 0.05) is 19.2 Å². The third-order valence-electron chi connectivity index (χ3n) is 3.66. The largest absolute Gasteiger partial charge is 0.496 e. The predicted molar refractivity (Wildman–Crippen MR) is 92.3 cm³/mol. The van der Waals surface area contributed by atoms with Gasteiger partial charge in [-0.3, -0.25) is 4.79 Å². The van der Waals surface area contributed by atoms with Crippen LogP contribution in [-0.4, -0.2) is 32.8 Å². The summed E-state index contributed by atoms with van der Waals surface area (Å²) < 4.78 is 16.5. The Hall–Kier alpha value is -2.53. The summed E-state index contributed by atoms with van der Waals surface area (Å²) in [5.41, 5.74) is 0.888. The molecule has 1 N–H and O–H groups in total. The van der Waals surface area contributed by atoms with Crippen LogP contribution in [0.2, 0.25) is 0 Å². The predicted octanol–water partition coefficient (Wildman–Crippen LogP) is 2.97. The average molecular weight is 329 g/mol. The Morgan fingerprint density at radius 2 is 1.71 bits per heavy atom. The number of carbonyl (C=O) groups is 1. The highest BCUT2D eigenvalue weighted by Gasteiger charge is 2.19. The number of carbonyl (C=O) groups excluding carboxylic acids is 1. The van der Waals surface area contributed by atoms with Crippen molar-refractivity contribution in [2.45, 2.75) is 19.1 Å². The first-order valence-electron chi connectivity index (χ1n) is 7.80. The van der Waals surface area contributed by atoms with Crippen LogP contribution >= 0.6 is 0 Å². The third-order valence-corrected chi connectivity index (χ3v) is 3.66. The molecule has 1 amide bonds. The minimum absolute atomic E-state index is 0.198. The second kappa shape index (κ2) is 8.93. The van der Waals surface area contributed by atoms with E-state index in [2.05, 4.69) is 5.32 Å². The number of hydrogen-bond donors (Lipinski definition) is 1. The molecular weight excluding hydrogens is 306 g/mol. The summed E-state index contributed by atoms with van der Waals surface area (Å²) >= 11 is 0. The SMILES string of the molecule is COc1ccccc1[C@H](CNC(=O)[C@@H](C)Oc1ccccc1)OC. The minimum atomic E-state index is -0.595. The van der Waals surface area contributed by atoms with E-state index in [4.69, 9.17) is 14.2 Å². The van der Waals surface area contributed by atoms with Gasteiger partial charge in [0.05, 0.1) is 7.11 Å². The topological polar surface area (TPSA) is 56.8 Å². The molecule has 2 atom stereocenters. The third kappa shape index (κ3) is 4.73. The first-order chi connectivity index (χ1) is 11.7. The number of hydrogen-bond acceptors (Lipinski definition) is 4. The van der Waals surface area contributed by atoms with Crippen LogP contribution in [0, 0.1) is 0 Å². The van der Waals surface area contributed by atoms with Crippen molar-refractivity contribution in [3.63, 3.8) is 0 Å². The normalized spacial score (nSPS) is 13.0. The lowest BCUT2D eigenvalue weighted by atomic mass is 10.1. The molecule has 2 aromatic carbocycles. The van der Waals surface area contributed by atoms with E-state index in [0.717, 1.165) is 11.3 Å². The van der Waals surface area contributed by atoms with E-state index >= 15 is 0 Å². The number of para-hydroxylation sites is 2. The van der Waals surface area contributed by atoms with Gasteiger partial charge in [-0.25, -0.2) is 0 Å². The summed E-state index contributed by atoms with van der Waals surface area (Å²) in [5, 5.41) is 2.86. The Labute approximate surface area is 142 Å². The molecule has 0 saturated heterocycles. The molecule has 2 aromatic rings. The van der Waals surface area contributed by atoms with E-state index in [9.17, 15) is 4.79 Å². The van der Waals surface area contributed by atoms with Crippen molar-refractivity contribution >= 4 is 5.91 Å². The summed E-state index contributed by atoms with van der Waals surface area (Å²) in [4.78, 5) is 12.2. The van der Waals surface area contributed by atoms with Crippen molar-refractivity contribution in [3.8, 4) is 11.5 Å². The van der Waals surface area contributed by atoms with Crippen LogP contribution in [0.25, 0.3) is 0 Å². The second-order valence-corrected chi connectivity index (χ2v) is 5.28. The summed E-state index contributed by atoms with van der Waals surface area (Å²) in [6.07, 6.45) is -0.892. The van der Waals surface area contributed by atoms with Gasteiger partial charge in [-0.05, 0) is 25.1 Å². The van der Waals surface area contributed by atoms with Crippen molar-refractivity contribution in [1.29, 1.82) is 0 Å². The quantitative estimate of drug-likeness (QED) is 0.809. The van der Waals surface area contributed by atoms with Gasteiger partial charge in [0.25, 0.3) is 5.91 Å². The molecule has 0 aliphatic heterocycles. The number of amides is 1. The number of rotatable bonds is 8. The van der Waals surface area contributed by atoms with Crippen LogP contribution in [-0.2, 0) is 9.53 Å². The van der Waals surface area contributed by atoms with Gasteiger partial charge in [-0.15, -0.1) is 0 Å². The molecular formula is C19H23NO4. The highest BCUT2D eigenvalue weighted by molar-refractivity contribution is 5.80. The van der Waals surface area contributed by atoms with Gasteiger partial charge < -0.3 is 19.5 Å². The highest BCUT2D eigenvalue weighted by atomic mass is 16.5. The molecule has 0 saturated carbocycles. The maximum atomic E-state index is 12.2. The second-order valence-electron chi connectivity index (χ2n) is 5.28. The summed E-state index contributed by atoms with van der Waals surface area (Å²) in [7, 11) is 3.22. The molecule has 24 heavy (non-hydrogen) atoms. The number of benzene rings is 2. The van der Waals surface area contributed by atoms with E-state index in [0.29, 0.717) is 12.3 Å². The van der Waals surface area contributed by atoms with E-state index in [1.54, 1.807) is 21.1 Å². The van der Waals surface area contributed by atoms with Crippen molar-refractivity contribution in [3.05, 3.63) is 60.2 Å². The molecule has 0 bridgehead atoms. The van der Waals surface area contributed by atoms with Gasteiger partial charge in [0.2, 0.25) is 0 Å². The molecule has 0 aliphatic carbocycles. The lowest BCUT2D eigenvalue weighted by Crippen LogP contribution is -2.38. The summed E-state index contributed by atoms with van der Waals surface area (Å²) in [5.74, 6) is 1.19. The molecule has 0 aromatic heterocycles. The zero-order chi connectivity index (χ0) is 17.4. The van der Waals surface area contributed by atoms with Gasteiger partial charge in [-0.2, -0.15) is 0 Å². The van der Waals surface area contributed by atoms with Crippen LogP contribution in [0.5, 0.6) is 11.5 Å². The number of ether oxygens (including phenoxy) is 3. The maximum absolute atomic E-state index is 12.2. The van der Waals surface area contributed by atoms with Crippen LogP contribution in [0.1, 0.15) is 18.6 Å². The Balaban J connectivity index is 1.93. The fourth-order valence-corrected chi connectivity index (χ4v) is 2.35. The standard InChI is InChI=1S/C19H23NO4/c1-14(24-15-9-5-4-6-10-15)19(21)20-13-18(23-3)16-11-7-8-12-17(16)22-2/h4-12,14,18H,13H2,1-3H3,(H,20,21)/t14-,18+/m1/s1. The Bertz CT molecular complexity index is 645. The van der Waals surface area contributed by atoms with Crippen LogP contribution in [0.3, 0.4) is 0 Å². The van der Waals surface area contributed by atoms with E-state index in [1.807, 2.05) is 54.6 Å². The zero-order valence-electron chi connectivity index (χ0n) is 14.2. The van der Waals surface area contributed by atoms with Crippen molar-refractivity contribution < 1.29 is 19.0 Å². The molecule has 5 heteroatoms. The van der Waals surface area contributed by atoms with Gasteiger partial charge in [-0.1, -0.05) is 36.4 Å². The van der Waals surface area contributed by atoms with Gasteiger partial charge in [0.15, 0.2) is 6.10 Å².